The van der Waals surface area contributed by atoms with Gasteiger partial charge in [-0.05, 0) is 30.7 Å². The summed E-state index contributed by atoms with van der Waals surface area (Å²) in [6, 6.07) is 9.35. The molecule has 0 aliphatic heterocycles. The number of unbranched alkanes of at least 4 members (excludes halogenated alkanes) is 1. The molecular formula is C19H19N3O2. The lowest BCUT2D eigenvalue weighted by Crippen LogP contribution is -2.20. The summed E-state index contributed by atoms with van der Waals surface area (Å²) in [6.45, 7) is 2.76. The normalized spacial score (nSPS) is 10.7. The number of nitriles is 1. The van der Waals surface area contributed by atoms with Crippen LogP contribution in [0.3, 0.4) is 0 Å². The van der Waals surface area contributed by atoms with Gasteiger partial charge in [0.2, 0.25) is 0 Å². The van der Waals surface area contributed by atoms with Crippen LogP contribution in [0.1, 0.15) is 25.3 Å². The van der Waals surface area contributed by atoms with E-state index in [2.05, 4.69) is 18.0 Å². The highest BCUT2D eigenvalue weighted by Gasteiger charge is 2.15. The molecule has 2 aromatic heterocycles. The third-order valence-electron chi connectivity index (χ3n) is 4.17. The number of pyridine rings is 1. The largest absolute Gasteiger partial charge is 0.496 e. The second-order valence-corrected chi connectivity index (χ2v) is 5.69. The number of nitrogens with one attached hydrogen (secondary N) is 1. The van der Waals surface area contributed by atoms with Crippen LogP contribution in [0.2, 0.25) is 0 Å². The Balaban J connectivity index is 2.30. The standard InChI is InChI=1S/C19H19N3O2/c1-3-4-9-22-12-16(14-7-8-21-18(14)19(22)23)15-10-13(11-20)5-6-17(15)24-2/h5-8,10,12,21H,3-4,9H2,1-2H3. The van der Waals surface area contributed by atoms with Crippen molar-refractivity contribution in [3.63, 3.8) is 0 Å². The number of hydrogen-bond acceptors (Lipinski definition) is 3. The van der Waals surface area contributed by atoms with Gasteiger partial charge in [-0.3, -0.25) is 4.79 Å². The Morgan fingerprint density at radius 3 is 2.83 bits per heavy atom. The minimum absolute atomic E-state index is 0.0254. The lowest BCUT2D eigenvalue weighted by atomic mass is 10.0. The quantitative estimate of drug-likeness (QED) is 0.779. The molecule has 2 heterocycles. The van der Waals surface area contributed by atoms with E-state index in [1.165, 1.54) is 0 Å². The second-order valence-electron chi connectivity index (χ2n) is 5.69. The first-order valence-corrected chi connectivity index (χ1v) is 7.98. The van der Waals surface area contributed by atoms with E-state index in [1.807, 2.05) is 12.3 Å². The molecule has 0 radical (unpaired) electrons. The van der Waals surface area contributed by atoms with E-state index in [0.29, 0.717) is 23.4 Å². The molecule has 0 saturated heterocycles. The highest BCUT2D eigenvalue weighted by Crippen LogP contribution is 2.34. The van der Waals surface area contributed by atoms with Gasteiger partial charge in [0.05, 0.1) is 18.7 Å². The van der Waals surface area contributed by atoms with Gasteiger partial charge in [0, 0.05) is 35.5 Å². The van der Waals surface area contributed by atoms with Gasteiger partial charge in [0.25, 0.3) is 5.56 Å². The molecule has 3 rings (SSSR count). The third-order valence-corrected chi connectivity index (χ3v) is 4.17. The first kappa shape index (κ1) is 15.9. The molecule has 24 heavy (non-hydrogen) atoms. The molecule has 1 aromatic carbocycles. The van der Waals surface area contributed by atoms with E-state index < -0.39 is 0 Å². The van der Waals surface area contributed by atoms with Crippen molar-refractivity contribution in [2.75, 3.05) is 7.11 Å². The van der Waals surface area contributed by atoms with Crippen LogP contribution in [0.15, 0.2) is 41.5 Å². The summed E-state index contributed by atoms with van der Waals surface area (Å²) in [5, 5.41) is 10.0. The number of benzene rings is 1. The Bertz CT molecular complexity index is 976. The van der Waals surface area contributed by atoms with Crippen LogP contribution in [0.4, 0.5) is 0 Å². The summed E-state index contributed by atoms with van der Waals surface area (Å²) in [5.74, 6) is 0.678. The highest BCUT2D eigenvalue weighted by molar-refractivity contribution is 5.96. The van der Waals surface area contributed by atoms with Crippen molar-refractivity contribution < 1.29 is 4.74 Å². The first-order chi connectivity index (χ1) is 11.7. The van der Waals surface area contributed by atoms with E-state index in [0.717, 1.165) is 29.4 Å². The molecule has 0 amide bonds. The van der Waals surface area contributed by atoms with Crippen LogP contribution in [-0.4, -0.2) is 16.7 Å². The number of nitrogens with zero attached hydrogens (tertiary/aromatic N) is 2. The Morgan fingerprint density at radius 2 is 2.12 bits per heavy atom. The third kappa shape index (κ3) is 2.67. The van der Waals surface area contributed by atoms with Gasteiger partial charge in [-0.1, -0.05) is 13.3 Å². The predicted molar refractivity (Wildman–Crippen MR) is 94.2 cm³/mol. The zero-order chi connectivity index (χ0) is 17.1. The van der Waals surface area contributed by atoms with Crippen molar-refractivity contribution in [2.45, 2.75) is 26.3 Å². The van der Waals surface area contributed by atoms with E-state index in [-0.39, 0.29) is 5.56 Å². The molecule has 5 heteroatoms. The van der Waals surface area contributed by atoms with Gasteiger partial charge in [0.15, 0.2) is 0 Å². The van der Waals surface area contributed by atoms with E-state index in [9.17, 15) is 10.1 Å². The zero-order valence-corrected chi connectivity index (χ0v) is 13.8. The predicted octanol–water partition coefficient (Wildman–Crippen LogP) is 3.68. The van der Waals surface area contributed by atoms with Crippen LogP contribution in [-0.2, 0) is 6.54 Å². The topological polar surface area (TPSA) is 70.8 Å². The number of ether oxygens (including phenoxy) is 1. The number of fused-ring (bicyclic) bond motifs is 1. The molecule has 0 fully saturated rings. The summed E-state index contributed by atoms with van der Waals surface area (Å²) in [4.78, 5) is 15.6. The highest BCUT2D eigenvalue weighted by atomic mass is 16.5. The number of aromatic nitrogens is 2. The fourth-order valence-electron chi connectivity index (χ4n) is 2.90. The molecule has 0 bridgehead atoms. The number of methoxy groups -OCH3 is 1. The van der Waals surface area contributed by atoms with Gasteiger partial charge in [-0.2, -0.15) is 5.26 Å². The van der Waals surface area contributed by atoms with E-state index in [1.54, 1.807) is 36.1 Å². The smallest absolute Gasteiger partial charge is 0.274 e. The molecular weight excluding hydrogens is 302 g/mol. The number of aryl methyl sites for hydroxylation is 1. The fourth-order valence-corrected chi connectivity index (χ4v) is 2.90. The molecule has 122 valence electrons. The maximum absolute atomic E-state index is 12.6. The molecule has 0 unspecified atom stereocenters. The first-order valence-electron chi connectivity index (χ1n) is 7.98. The van der Waals surface area contributed by atoms with Crippen LogP contribution < -0.4 is 10.3 Å². The SMILES string of the molecule is CCCCn1cc(-c2cc(C#N)ccc2OC)c2cc[nH]c2c1=O. The van der Waals surface area contributed by atoms with Crippen molar-refractivity contribution in [3.8, 4) is 22.9 Å². The van der Waals surface area contributed by atoms with Gasteiger partial charge >= 0.3 is 0 Å². The number of H-pyrrole nitrogens is 1. The Labute approximate surface area is 140 Å². The van der Waals surface area contributed by atoms with Gasteiger partial charge < -0.3 is 14.3 Å². The Morgan fingerprint density at radius 1 is 1.29 bits per heavy atom. The van der Waals surface area contributed by atoms with Gasteiger partial charge in [-0.15, -0.1) is 0 Å². The summed E-state index contributed by atoms with van der Waals surface area (Å²) in [6.07, 6.45) is 5.58. The van der Waals surface area contributed by atoms with Crippen LogP contribution in [0.5, 0.6) is 5.75 Å². The van der Waals surface area contributed by atoms with Crippen molar-refractivity contribution in [3.05, 3.63) is 52.6 Å². The van der Waals surface area contributed by atoms with Crippen molar-refractivity contribution in [1.29, 1.82) is 5.26 Å². The summed E-state index contributed by atoms with van der Waals surface area (Å²) in [5.41, 5.74) is 2.80. The minimum atomic E-state index is -0.0254. The maximum Gasteiger partial charge on any atom is 0.274 e. The molecule has 1 N–H and O–H groups in total. The Kier molecular flexibility index (Phi) is 4.39. The van der Waals surface area contributed by atoms with Crippen LogP contribution in [0, 0.1) is 11.3 Å². The number of rotatable bonds is 5. The second kappa shape index (κ2) is 6.63. The van der Waals surface area contributed by atoms with Crippen molar-refractivity contribution in [2.24, 2.45) is 0 Å². The average Bonchev–Trinajstić information content (AvgIpc) is 3.11. The lowest BCUT2D eigenvalue weighted by molar-refractivity contribution is 0.416. The summed E-state index contributed by atoms with van der Waals surface area (Å²) < 4.78 is 7.20. The van der Waals surface area contributed by atoms with Crippen molar-refractivity contribution >= 4 is 10.9 Å². The van der Waals surface area contributed by atoms with E-state index >= 15 is 0 Å². The zero-order valence-electron chi connectivity index (χ0n) is 13.8. The molecule has 0 atom stereocenters. The number of hydrogen-bond donors (Lipinski definition) is 1. The van der Waals surface area contributed by atoms with Gasteiger partial charge in [-0.25, -0.2) is 0 Å². The summed E-state index contributed by atoms with van der Waals surface area (Å²) in [7, 11) is 1.60. The summed E-state index contributed by atoms with van der Waals surface area (Å²) >= 11 is 0. The van der Waals surface area contributed by atoms with Crippen LogP contribution >= 0.6 is 0 Å². The molecule has 3 aromatic rings. The fraction of sp³-hybridized carbons (Fsp3) is 0.263. The molecule has 0 spiro atoms. The molecule has 0 aliphatic rings. The van der Waals surface area contributed by atoms with Crippen molar-refractivity contribution in [1.82, 2.24) is 9.55 Å². The molecule has 0 aliphatic carbocycles. The maximum atomic E-state index is 12.6. The monoisotopic (exact) mass is 321 g/mol. The van der Waals surface area contributed by atoms with Gasteiger partial charge in [0.1, 0.15) is 11.3 Å². The molecule has 5 nitrogen and oxygen atoms in total. The molecule has 0 saturated carbocycles. The number of aromatic amines is 1. The van der Waals surface area contributed by atoms with Crippen LogP contribution in [0.25, 0.3) is 22.0 Å². The Hall–Kier alpha value is -3.00. The average molecular weight is 321 g/mol. The van der Waals surface area contributed by atoms with E-state index in [4.69, 9.17) is 4.74 Å². The minimum Gasteiger partial charge on any atom is -0.496 e. The lowest BCUT2D eigenvalue weighted by Gasteiger charge is -2.13.